The van der Waals surface area contributed by atoms with Crippen LogP contribution in [0.2, 0.25) is 0 Å². The van der Waals surface area contributed by atoms with Crippen molar-refractivity contribution in [1.29, 1.82) is 0 Å². The number of carbonyl (C=O) groups is 2. The third kappa shape index (κ3) is 8.82. The van der Waals surface area contributed by atoms with Gasteiger partial charge in [0, 0.05) is 5.56 Å². The minimum absolute atomic E-state index is 0.0568. The lowest BCUT2D eigenvalue weighted by molar-refractivity contribution is -0.139. The number of aryl methyl sites for hydroxylation is 1. The number of amides is 1. The van der Waals surface area contributed by atoms with Crippen LogP contribution < -0.4 is 5.32 Å². The van der Waals surface area contributed by atoms with Gasteiger partial charge in [-0.3, -0.25) is 4.79 Å². The van der Waals surface area contributed by atoms with Gasteiger partial charge in [-0.2, -0.15) is 11.8 Å². The SMILES string of the molecule is CSCC[C@H](NC(=O)c1ccc(COC(COC2CCC2)CC2CCCCC2)cc1-c1ccccc1C)C(=O)O. The summed E-state index contributed by atoms with van der Waals surface area (Å²) in [7, 11) is 0. The first-order chi connectivity index (χ1) is 19.4. The largest absolute Gasteiger partial charge is 0.480 e. The van der Waals surface area contributed by atoms with E-state index in [2.05, 4.69) is 5.32 Å². The number of nitrogens with one attached hydrogen (secondary N) is 1. The molecule has 2 aromatic carbocycles. The fraction of sp³-hybridized carbons (Fsp3) is 0.576. The van der Waals surface area contributed by atoms with Crippen molar-refractivity contribution in [2.45, 2.75) is 96.0 Å². The molecular weight excluding hydrogens is 522 g/mol. The first kappa shape index (κ1) is 30.6. The molecule has 0 heterocycles. The van der Waals surface area contributed by atoms with Gasteiger partial charge in [0.05, 0.1) is 25.4 Å². The maximum Gasteiger partial charge on any atom is 0.326 e. The van der Waals surface area contributed by atoms with Crippen LogP contribution in [0.3, 0.4) is 0 Å². The molecule has 7 heteroatoms. The Hall–Kier alpha value is -2.35. The summed E-state index contributed by atoms with van der Waals surface area (Å²) in [6.45, 7) is 3.10. The highest BCUT2D eigenvalue weighted by molar-refractivity contribution is 7.98. The molecule has 0 radical (unpaired) electrons. The van der Waals surface area contributed by atoms with Crippen LogP contribution in [-0.4, -0.2) is 53.8 Å². The Morgan fingerprint density at radius 3 is 2.48 bits per heavy atom. The van der Waals surface area contributed by atoms with E-state index < -0.39 is 12.0 Å². The molecule has 2 atom stereocenters. The van der Waals surface area contributed by atoms with Crippen LogP contribution in [0.1, 0.15) is 85.7 Å². The number of thioether (sulfide) groups is 1. The Kier molecular flexibility index (Phi) is 11.9. The molecule has 2 N–H and O–H groups in total. The van der Waals surface area contributed by atoms with Crippen molar-refractivity contribution < 1.29 is 24.2 Å². The summed E-state index contributed by atoms with van der Waals surface area (Å²) in [4.78, 5) is 25.2. The summed E-state index contributed by atoms with van der Waals surface area (Å²) in [6.07, 6.45) is 13.8. The zero-order valence-electron chi connectivity index (χ0n) is 24.0. The highest BCUT2D eigenvalue weighted by Gasteiger charge is 2.25. The van der Waals surface area contributed by atoms with Crippen LogP contribution in [0, 0.1) is 12.8 Å². The molecule has 0 saturated heterocycles. The van der Waals surface area contributed by atoms with Crippen LogP contribution in [0.4, 0.5) is 0 Å². The van der Waals surface area contributed by atoms with Crippen LogP contribution in [-0.2, 0) is 20.9 Å². The second kappa shape index (κ2) is 15.6. The van der Waals surface area contributed by atoms with Gasteiger partial charge in [0.15, 0.2) is 0 Å². The number of carboxylic acid groups (broad SMARTS) is 1. The van der Waals surface area contributed by atoms with Crippen LogP contribution in [0.5, 0.6) is 0 Å². The smallest absolute Gasteiger partial charge is 0.326 e. The molecule has 0 spiro atoms. The van der Waals surface area contributed by atoms with Crippen molar-refractivity contribution in [2.75, 3.05) is 18.6 Å². The first-order valence-corrected chi connectivity index (χ1v) is 16.3. The van der Waals surface area contributed by atoms with Gasteiger partial charge in [0.1, 0.15) is 6.04 Å². The van der Waals surface area contributed by atoms with Gasteiger partial charge in [-0.15, -0.1) is 0 Å². The van der Waals surface area contributed by atoms with E-state index in [1.807, 2.05) is 55.6 Å². The molecule has 2 aromatic rings. The number of aliphatic carboxylic acids is 1. The van der Waals surface area contributed by atoms with Gasteiger partial charge in [-0.25, -0.2) is 4.79 Å². The molecule has 1 unspecified atom stereocenters. The van der Waals surface area contributed by atoms with Crippen molar-refractivity contribution in [3.05, 3.63) is 59.2 Å². The normalized spacial score (nSPS) is 17.6. The first-order valence-electron chi connectivity index (χ1n) is 14.9. The average molecular weight is 568 g/mol. The van der Waals surface area contributed by atoms with E-state index in [4.69, 9.17) is 9.47 Å². The third-order valence-corrected chi connectivity index (χ3v) is 9.00. The summed E-state index contributed by atoms with van der Waals surface area (Å²) in [5.41, 5.74) is 4.26. The van der Waals surface area contributed by atoms with E-state index in [0.29, 0.717) is 43.0 Å². The van der Waals surface area contributed by atoms with Crippen LogP contribution >= 0.6 is 11.8 Å². The van der Waals surface area contributed by atoms with E-state index in [0.717, 1.165) is 41.5 Å². The lowest BCUT2D eigenvalue weighted by Gasteiger charge is -2.30. The monoisotopic (exact) mass is 567 g/mol. The molecule has 0 aromatic heterocycles. The fourth-order valence-corrected chi connectivity index (χ4v) is 6.15. The number of carbonyl (C=O) groups excluding carboxylic acids is 1. The molecule has 0 bridgehead atoms. The van der Waals surface area contributed by atoms with Gasteiger partial charge in [0.2, 0.25) is 0 Å². The molecule has 2 fully saturated rings. The second-order valence-electron chi connectivity index (χ2n) is 11.4. The molecule has 218 valence electrons. The number of hydrogen-bond donors (Lipinski definition) is 2. The second-order valence-corrected chi connectivity index (χ2v) is 12.4. The quantitative estimate of drug-likeness (QED) is 0.241. The number of carboxylic acids is 1. The topological polar surface area (TPSA) is 84.9 Å². The van der Waals surface area contributed by atoms with Crippen LogP contribution in [0.15, 0.2) is 42.5 Å². The summed E-state index contributed by atoms with van der Waals surface area (Å²) < 4.78 is 12.7. The van der Waals surface area contributed by atoms with Gasteiger partial charge >= 0.3 is 5.97 Å². The van der Waals surface area contributed by atoms with E-state index in [1.54, 1.807) is 11.8 Å². The predicted octanol–water partition coefficient (Wildman–Crippen LogP) is 7.02. The maximum absolute atomic E-state index is 13.4. The molecule has 0 aliphatic heterocycles. The summed E-state index contributed by atoms with van der Waals surface area (Å²) in [6, 6.07) is 12.8. The minimum atomic E-state index is -1.02. The molecule has 6 nitrogen and oxygen atoms in total. The van der Waals surface area contributed by atoms with Crippen LogP contribution in [0.25, 0.3) is 11.1 Å². The zero-order valence-corrected chi connectivity index (χ0v) is 24.8. The van der Waals surface area contributed by atoms with Gasteiger partial charge in [0.25, 0.3) is 5.91 Å². The maximum atomic E-state index is 13.4. The van der Waals surface area contributed by atoms with E-state index in [9.17, 15) is 14.7 Å². The van der Waals surface area contributed by atoms with Gasteiger partial charge in [-0.05, 0) is 91.3 Å². The lowest BCUT2D eigenvalue weighted by atomic mass is 9.85. The van der Waals surface area contributed by atoms with Gasteiger partial charge < -0.3 is 19.9 Å². The molecule has 1 amide bonds. The van der Waals surface area contributed by atoms with Gasteiger partial charge in [-0.1, -0.05) is 62.4 Å². The number of benzene rings is 2. The molecule has 2 aliphatic rings. The van der Waals surface area contributed by atoms with Crippen molar-refractivity contribution >= 4 is 23.6 Å². The lowest BCUT2D eigenvalue weighted by Crippen LogP contribution is -2.41. The van der Waals surface area contributed by atoms with Crippen molar-refractivity contribution in [1.82, 2.24) is 5.32 Å². The standard InChI is InChI=1S/C33H45NO5S/c1-23-9-6-7-14-28(23)30-20-25(15-16-29(30)32(35)34-31(33(36)37)17-18-40-2)21-38-27(22-39-26-12-8-13-26)19-24-10-4-3-5-11-24/h6-7,9,14-16,20,24,26-27,31H,3-5,8,10-13,17-19,21-22H2,1-2H3,(H,34,35)(H,36,37)/t27?,31-/m0/s1. The average Bonchev–Trinajstić information content (AvgIpc) is 2.93. The van der Waals surface area contributed by atoms with E-state index >= 15 is 0 Å². The highest BCUT2D eigenvalue weighted by atomic mass is 32.2. The predicted molar refractivity (Wildman–Crippen MR) is 162 cm³/mol. The highest BCUT2D eigenvalue weighted by Crippen LogP contribution is 2.31. The number of ether oxygens (including phenoxy) is 2. The third-order valence-electron chi connectivity index (χ3n) is 8.35. The summed E-state index contributed by atoms with van der Waals surface area (Å²) in [5, 5.41) is 12.4. The van der Waals surface area contributed by atoms with E-state index in [1.165, 1.54) is 38.5 Å². The Balaban J connectivity index is 1.52. The molecular formula is C33H45NO5S. The zero-order chi connectivity index (χ0) is 28.3. The Bertz CT molecular complexity index is 1110. The van der Waals surface area contributed by atoms with Crippen molar-refractivity contribution in [3.8, 4) is 11.1 Å². The Labute approximate surface area is 243 Å². The van der Waals surface area contributed by atoms with Crippen molar-refractivity contribution in [3.63, 3.8) is 0 Å². The summed E-state index contributed by atoms with van der Waals surface area (Å²) >= 11 is 1.56. The molecule has 4 rings (SSSR count). The minimum Gasteiger partial charge on any atom is -0.480 e. The van der Waals surface area contributed by atoms with E-state index in [-0.39, 0.29) is 12.0 Å². The number of rotatable bonds is 15. The molecule has 2 saturated carbocycles. The molecule has 2 aliphatic carbocycles. The Morgan fingerprint density at radius 2 is 1.80 bits per heavy atom. The summed E-state index contributed by atoms with van der Waals surface area (Å²) in [5.74, 6) is -0.0306. The van der Waals surface area contributed by atoms with Crippen molar-refractivity contribution in [2.24, 2.45) is 5.92 Å². The Morgan fingerprint density at radius 1 is 1.02 bits per heavy atom. The number of hydrogen-bond acceptors (Lipinski definition) is 5. The fourth-order valence-electron chi connectivity index (χ4n) is 5.68. The molecule has 40 heavy (non-hydrogen) atoms.